The first-order valence-electron chi connectivity index (χ1n) is 4.95. The largest absolute Gasteiger partial charge is 0.405 e. The molecule has 0 amide bonds. The van der Waals surface area contributed by atoms with E-state index in [-0.39, 0.29) is 17.9 Å². The van der Waals surface area contributed by atoms with Crippen LogP contribution in [0, 0.1) is 0 Å². The number of alkyl halides is 3. The fraction of sp³-hybridized carbons (Fsp3) is 0.500. The van der Waals surface area contributed by atoms with E-state index in [1.807, 2.05) is 0 Å². The summed E-state index contributed by atoms with van der Waals surface area (Å²) >= 11 is 0.992. The van der Waals surface area contributed by atoms with Crippen LogP contribution in [-0.2, 0) is 0 Å². The van der Waals surface area contributed by atoms with Crippen LogP contribution < -0.4 is 10.6 Å². The van der Waals surface area contributed by atoms with Crippen LogP contribution in [0.1, 0.15) is 23.0 Å². The number of nitrogens with zero attached hydrogens (tertiary/aromatic N) is 1. The summed E-state index contributed by atoms with van der Waals surface area (Å²) in [5, 5.41) is 0.344. The molecule has 0 saturated heterocycles. The van der Waals surface area contributed by atoms with E-state index in [0.29, 0.717) is 9.88 Å². The lowest BCUT2D eigenvalue weighted by atomic mass is 10.2. The number of nitrogen functional groups attached to an aromatic ring is 1. The molecule has 1 aromatic heterocycles. The summed E-state index contributed by atoms with van der Waals surface area (Å²) < 4.78 is 36.6. The van der Waals surface area contributed by atoms with Crippen molar-refractivity contribution in [2.75, 3.05) is 24.2 Å². The molecule has 0 aliphatic rings. The van der Waals surface area contributed by atoms with Gasteiger partial charge in [0.2, 0.25) is 0 Å². The van der Waals surface area contributed by atoms with Gasteiger partial charge in [0, 0.05) is 13.5 Å². The molecule has 7 heteroatoms. The predicted molar refractivity (Wildman–Crippen MR) is 62.7 cm³/mol. The highest BCUT2D eigenvalue weighted by molar-refractivity contribution is 7.18. The third-order valence-corrected chi connectivity index (χ3v) is 3.42. The second-order valence-corrected chi connectivity index (χ2v) is 4.65. The van der Waals surface area contributed by atoms with Crippen LogP contribution in [-0.4, -0.2) is 25.6 Å². The molecule has 1 rings (SSSR count). The first-order valence-corrected chi connectivity index (χ1v) is 5.76. The first-order chi connectivity index (χ1) is 7.74. The molecular formula is C10H13F3N2OS. The Hall–Kier alpha value is -1.24. The minimum absolute atomic E-state index is 0.154. The molecule has 0 aromatic carbocycles. The number of anilines is 2. The molecule has 0 fully saturated rings. The van der Waals surface area contributed by atoms with E-state index < -0.39 is 12.7 Å². The third kappa shape index (κ3) is 3.62. The van der Waals surface area contributed by atoms with Crippen molar-refractivity contribution in [3.63, 3.8) is 0 Å². The van der Waals surface area contributed by atoms with Crippen molar-refractivity contribution in [1.29, 1.82) is 0 Å². The number of hydrogen-bond acceptors (Lipinski definition) is 4. The predicted octanol–water partition coefficient (Wildman–Crippen LogP) is 2.92. The number of nitrogens with two attached hydrogens (primary N) is 1. The van der Waals surface area contributed by atoms with Crippen molar-refractivity contribution in [2.45, 2.75) is 19.5 Å². The topological polar surface area (TPSA) is 46.3 Å². The van der Waals surface area contributed by atoms with Crippen LogP contribution in [0.15, 0.2) is 6.07 Å². The second kappa shape index (κ2) is 4.95. The van der Waals surface area contributed by atoms with Gasteiger partial charge in [0.15, 0.2) is 5.78 Å². The Morgan fingerprint density at radius 3 is 2.59 bits per heavy atom. The highest BCUT2D eigenvalue weighted by Crippen LogP contribution is 2.33. The van der Waals surface area contributed by atoms with Crippen LogP contribution in [0.5, 0.6) is 0 Å². The lowest BCUT2D eigenvalue weighted by Crippen LogP contribution is -2.30. The Morgan fingerprint density at radius 1 is 1.53 bits per heavy atom. The molecule has 2 N–H and O–H groups in total. The van der Waals surface area contributed by atoms with Crippen LogP contribution >= 0.6 is 11.3 Å². The Balaban J connectivity index is 2.90. The van der Waals surface area contributed by atoms with Crippen LogP contribution in [0.3, 0.4) is 0 Å². The van der Waals surface area contributed by atoms with E-state index in [1.54, 1.807) is 6.92 Å². The van der Waals surface area contributed by atoms with Crippen LogP contribution in [0.25, 0.3) is 0 Å². The van der Waals surface area contributed by atoms with E-state index in [9.17, 15) is 18.0 Å². The summed E-state index contributed by atoms with van der Waals surface area (Å²) in [6, 6.07) is 1.40. The first kappa shape index (κ1) is 13.8. The molecule has 0 saturated carbocycles. The Kier molecular flexibility index (Phi) is 4.03. The fourth-order valence-corrected chi connectivity index (χ4v) is 2.36. The van der Waals surface area contributed by atoms with Gasteiger partial charge in [-0.3, -0.25) is 4.79 Å². The third-order valence-electron chi connectivity index (χ3n) is 2.11. The quantitative estimate of drug-likeness (QED) is 0.852. The van der Waals surface area contributed by atoms with Crippen molar-refractivity contribution in [3.05, 3.63) is 10.9 Å². The van der Waals surface area contributed by atoms with E-state index in [1.165, 1.54) is 13.1 Å². The molecule has 1 heterocycles. The summed E-state index contributed by atoms with van der Waals surface area (Å²) in [4.78, 5) is 12.8. The van der Waals surface area contributed by atoms with Gasteiger partial charge in [0.25, 0.3) is 0 Å². The summed E-state index contributed by atoms with van der Waals surface area (Å²) in [5.41, 5.74) is 5.84. The molecule has 17 heavy (non-hydrogen) atoms. The molecular weight excluding hydrogens is 253 g/mol. The summed E-state index contributed by atoms with van der Waals surface area (Å²) in [7, 11) is 1.32. The molecule has 0 aliphatic carbocycles. The maximum Gasteiger partial charge on any atom is 0.405 e. The number of hydrogen-bond donors (Lipinski definition) is 1. The number of ketones is 1. The average Bonchev–Trinajstić information content (AvgIpc) is 2.57. The van der Waals surface area contributed by atoms with Crippen molar-refractivity contribution in [1.82, 2.24) is 0 Å². The van der Waals surface area contributed by atoms with Gasteiger partial charge in [0.05, 0.1) is 15.6 Å². The highest BCUT2D eigenvalue weighted by Gasteiger charge is 2.30. The molecule has 0 aliphatic heterocycles. The highest BCUT2D eigenvalue weighted by atomic mass is 32.1. The van der Waals surface area contributed by atoms with E-state index in [4.69, 9.17) is 5.73 Å². The van der Waals surface area contributed by atoms with Crippen LogP contribution in [0.2, 0.25) is 0 Å². The number of rotatable bonds is 4. The van der Waals surface area contributed by atoms with Gasteiger partial charge in [0.1, 0.15) is 6.54 Å². The Bertz CT molecular complexity index is 414. The van der Waals surface area contributed by atoms with Crippen molar-refractivity contribution in [3.8, 4) is 0 Å². The number of halogens is 3. The van der Waals surface area contributed by atoms with Gasteiger partial charge in [-0.1, -0.05) is 6.92 Å². The number of Topliss-reactive ketones (excluding diaryl/α,β-unsaturated/α-hetero) is 1. The Morgan fingerprint density at radius 2 is 2.12 bits per heavy atom. The average molecular weight is 266 g/mol. The minimum Gasteiger partial charge on any atom is -0.397 e. The zero-order valence-electron chi connectivity index (χ0n) is 9.47. The molecule has 0 spiro atoms. The standard InChI is InChI=1S/C10H13F3N2OS/c1-3-7(16)9-6(14)4-8(17-9)15(2)5-10(11,12)13/h4H,3,5,14H2,1-2H3. The molecule has 1 aromatic rings. The smallest absolute Gasteiger partial charge is 0.397 e. The van der Waals surface area contributed by atoms with Crippen molar-refractivity contribution in [2.24, 2.45) is 0 Å². The molecule has 0 bridgehead atoms. The molecule has 0 radical (unpaired) electrons. The number of thiophene rings is 1. The maximum absolute atomic E-state index is 12.2. The normalized spacial score (nSPS) is 11.6. The van der Waals surface area contributed by atoms with Crippen molar-refractivity contribution >= 4 is 27.8 Å². The second-order valence-electron chi connectivity index (χ2n) is 3.62. The van der Waals surface area contributed by atoms with Gasteiger partial charge in [-0.25, -0.2) is 0 Å². The zero-order valence-corrected chi connectivity index (χ0v) is 10.3. The van der Waals surface area contributed by atoms with Gasteiger partial charge in [-0.15, -0.1) is 11.3 Å². The summed E-state index contributed by atoms with van der Waals surface area (Å²) in [5.74, 6) is -0.154. The zero-order chi connectivity index (χ0) is 13.2. The van der Waals surface area contributed by atoms with E-state index in [0.717, 1.165) is 16.2 Å². The van der Waals surface area contributed by atoms with Gasteiger partial charge in [-0.2, -0.15) is 13.2 Å². The molecule has 0 atom stereocenters. The summed E-state index contributed by atoms with van der Waals surface area (Å²) in [6.45, 7) is 0.618. The summed E-state index contributed by atoms with van der Waals surface area (Å²) in [6.07, 6.45) is -3.99. The van der Waals surface area contributed by atoms with Gasteiger partial charge in [-0.05, 0) is 6.07 Å². The molecule has 96 valence electrons. The maximum atomic E-state index is 12.2. The SMILES string of the molecule is CCC(=O)c1sc(N(C)CC(F)(F)F)cc1N. The lowest BCUT2D eigenvalue weighted by Gasteiger charge is -2.18. The van der Waals surface area contributed by atoms with Gasteiger partial charge < -0.3 is 10.6 Å². The number of carbonyl (C=O) groups excluding carboxylic acids is 1. The monoisotopic (exact) mass is 266 g/mol. The fourth-order valence-electron chi connectivity index (χ4n) is 1.30. The van der Waals surface area contributed by atoms with Gasteiger partial charge >= 0.3 is 6.18 Å². The van der Waals surface area contributed by atoms with Crippen LogP contribution in [0.4, 0.5) is 23.9 Å². The minimum atomic E-state index is -4.28. The van der Waals surface area contributed by atoms with E-state index >= 15 is 0 Å². The number of carbonyl (C=O) groups is 1. The molecule has 0 unspecified atom stereocenters. The van der Waals surface area contributed by atoms with Crippen molar-refractivity contribution < 1.29 is 18.0 Å². The van der Waals surface area contributed by atoms with E-state index in [2.05, 4.69) is 0 Å². The molecule has 3 nitrogen and oxygen atoms in total. The Labute approximate surface area is 101 Å². The lowest BCUT2D eigenvalue weighted by molar-refractivity contribution is -0.119.